The van der Waals surface area contributed by atoms with E-state index in [2.05, 4.69) is 10.1 Å². The second-order valence-corrected chi connectivity index (χ2v) is 6.08. The van der Waals surface area contributed by atoms with E-state index < -0.39 is 11.7 Å². The van der Waals surface area contributed by atoms with Gasteiger partial charge < -0.3 is 14.8 Å². The van der Waals surface area contributed by atoms with Crippen LogP contribution in [0.4, 0.5) is 4.79 Å². The molecule has 0 bridgehead atoms. The van der Waals surface area contributed by atoms with Gasteiger partial charge in [0.2, 0.25) is 0 Å². The molecule has 0 aromatic heterocycles. The van der Waals surface area contributed by atoms with Gasteiger partial charge in [-0.25, -0.2) is 9.59 Å². The Bertz CT molecular complexity index is 371. The van der Waals surface area contributed by atoms with E-state index in [0.717, 1.165) is 25.7 Å². The molecule has 5 nitrogen and oxygen atoms in total. The van der Waals surface area contributed by atoms with E-state index in [0.29, 0.717) is 0 Å². The van der Waals surface area contributed by atoms with Crippen molar-refractivity contribution in [3.05, 3.63) is 12.2 Å². The molecule has 0 aromatic carbocycles. The summed E-state index contributed by atoms with van der Waals surface area (Å²) in [5.41, 5.74) is -0.504. The molecule has 114 valence electrons. The molecule has 1 N–H and O–H groups in total. The lowest BCUT2D eigenvalue weighted by atomic mass is 9.84. The molecule has 0 saturated heterocycles. The van der Waals surface area contributed by atoms with Gasteiger partial charge in [0.15, 0.2) is 0 Å². The minimum Gasteiger partial charge on any atom is -0.466 e. The Morgan fingerprint density at radius 1 is 1.20 bits per heavy atom. The van der Waals surface area contributed by atoms with E-state index in [1.807, 2.05) is 26.8 Å². The molecule has 1 amide bonds. The number of carbonyl (C=O) groups is 2. The van der Waals surface area contributed by atoms with Gasteiger partial charge in [0.1, 0.15) is 5.60 Å². The average molecular weight is 283 g/mol. The van der Waals surface area contributed by atoms with Crippen LogP contribution in [0.1, 0.15) is 46.5 Å². The Morgan fingerprint density at radius 3 is 2.45 bits per heavy atom. The number of esters is 1. The lowest BCUT2D eigenvalue weighted by Crippen LogP contribution is -2.43. The van der Waals surface area contributed by atoms with Gasteiger partial charge in [0.25, 0.3) is 0 Å². The van der Waals surface area contributed by atoms with Gasteiger partial charge in [0.05, 0.1) is 7.11 Å². The molecule has 1 fully saturated rings. The largest absolute Gasteiger partial charge is 0.466 e. The maximum absolute atomic E-state index is 11.8. The quantitative estimate of drug-likeness (QED) is 0.639. The van der Waals surface area contributed by atoms with Crippen molar-refractivity contribution in [3.8, 4) is 0 Å². The molecule has 0 unspecified atom stereocenters. The SMILES string of the molecule is COC(=O)/C=C/[C@@H]1CCCC[C@H]1NC(=O)OC(C)(C)C. The highest BCUT2D eigenvalue weighted by molar-refractivity contribution is 5.81. The predicted octanol–water partition coefficient (Wildman–Crippen LogP) is 2.80. The van der Waals surface area contributed by atoms with E-state index in [1.54, 1.807) is 0 Å². The van der Waals surface area contributed by atoms with Crippen molar-refractivity contribution in [1.29, 1.82) is 0 Å². The predicted molar refractivity (Wildman–Crippen MR) is 76.3 cm³/mol. The maximum Gasteiger partial charge on any atom is 0.407 e. The number of ether oxygens (including phenoxy) is 2. The van der Waals surface area contributed by atoms with Crippen LogP contribution in [0.3, 0.4) is 0 Å². The molecule has 1 rings (SSSR count). The molecule has 5 heteroatoms. The summed E-state index contributed by atoms with van der Waals surface area (Å²) in [6.45, 7) is 5.51. The van der Waals surface area contributed by atoms with Gasteiger partial charge in [-0.05, 0) is 39.5 Å². The lowest BCUT2D eigenvalue weighted by Gasteiger charge is -2.31. The number of carbonyl (C=O) groups excluding carboxylic acids is 2. The Kier molecular flexibility index (Phi) is 6.05. The highest BCUT2D eigenvalue weighted by Crippen LogP contribution is 2.26. The van der Waals surface area contributed by atoms with Gasteiger partial charge >= 0.3 is 12.1 Å². The highest BCUT2D eigenvalue weighted by atomic mass is 16.6. The minimum atomic E-state index is -0.504. The number of methoxy groups -OCH3 is 1. The van der Waals surface area contributed by atoms with E-state index in [1.165, 1.54) is 13.2 Å². The standard InChI is InChI=1S/C15H25NO4/c1-15(2,3)20-14(18)16-12-8-6-5-7-11(12)9-10-13(17)19-4/h9-12H,5-8H2,1-4H3,(H,16,18)/b10-9+/t11-,12+/m0/s1. The van der Waals surface area contributed by atoms with Crippen LogP contribution in [0.25, 0.3) is 0 Å². The molecular formula is C15H25NO4. The molecule has 2 atom stereocenters. The molecular weight excluding hydrogens is 258 g/mol. The van der Waals surface area contributed by atoms with Gasteiger partial charge in [-0.2, -0.15) is 0 Å². The first-order valence-corrected chi connectivity index (χ1v) is 7.07. The van der Waals surface area contributed by atoms with E-state index in [-0.39, 0.29) is 17.9 Å². The summed E-state index contributed by atoms with van der Waals surface area (Å²) in [6.07, 6.45) is 6.88. The number of hydrogen-bond acceptors (Lipinski definition) is 4. The minimum absolute atomic E-state index is 0.0134. The lowest BCUT2D eigenvalue weighted by molar-refractivity contribution is -0.134. The van der Waals surface area contributed by atoms with Crippen LogP contribution < -0.4 is 5.32 Å². The van der Waals surface area contributed by atoms with E-state index in [9.17, 15) is 9.59 Å². The zero-order valence-electron chi connectivity index (χ0n) is 12.8. The number of amides is 1. The number of alkyl carbamates (subject to hydrolysis) is 1. The zero-order valence-corrected chi connectivity index (χ0v) is 12.8. The molecule has 20 heavy (non-hydrogen) atoms. The third-order valence-corrected chi connectivity index (χ3v) is 3.20. The first-order valence-electron chi connectivity index (χ1n) is 7.07. The number of rotatable bonds is 3. The van der Waals surface area contributed by atoms with Crippen molar-refractivity contribution >= 4 is 12.1 Å². The third kappa shape index (κ3) is 6.08. The average Bonchev–Trinajstić information content (AvgIpc) is 2.35. The Labute approximate surface area is 120 Å². The van der Waals surface area contributed by atoms with Gasteiger partial charge in [0, 0.05) is 12.1 Å². The van der Waals surface area contributed by atoms with Crippen LogP contribution in [0.5, 0.6) is 0 Å². The van der Waals surface area contributed by atoms with Crippen LogP contribution in [0.2, 0.25) is 0 Å². The van der Waals surface area contributed by atoms with Crippen LogP contribution in [-0.2, 0) is 14.3 Å². The summed E-state index contributed by atoms with van der Waals surface area (Å²) in [5.74, 6) is -0.220. The Morgan fingerprint density at radius 2 is 1.85 bits per heavy atom. The summed E-state index contributed by atoms with van der Waals surface area (Å²) in [5, 5.41) is 2.90. The normalized spacial score (nSPS) is 23.4. The fourth-order valence-corrected chi connectivity index (χ4v) is 2.30. The van der Waals surface area contributed by atoms with Crippen LogP contribution in [0, 0.1) is 5.92 Å². The summed E-state index contributed by atoms with van der Waals surface area (Å²) in [7, 11) is 1.35. The highest BCUT2D eigenvalue weighted by Gasteiger charge is 2.26. The fourth-order valence-electron chi connectivity index (χ4n) is 2.30. The molecule has 1 aliphatic rings. The monoisotopic (exact) mass is 283 g/mol. The number of nitrogens with one attached hydrogen (secondary N) is 1. The Balaban J connectivity index is 2.58. The zero-order chi connectivity index (χ0) is 15.2. The van der Waals surface area contributed by atoms with Crippen molar-refractivity contribution in [2.45, 2.75) is 58.1 Å². The molecule has 1 saturated carbocycles. The maximum atomic E-state index is 11.8. The van der Waals surface area contributed by atoms with Crippen molar-refractivity contribution in [2.75, 3.05) is 7.11 Å². The van der Waals surface area contributed by atoms with E-state index in [4.69, 9.17) is 4.74 Å². The van der Waals surface area contributed by atoms with Gasteiger partial charge in [-0.1, -0.05) is 18.9 Å². The van der Waals surface area contributed by atoms with E-state index >= 15 is 0 Å². The van der Waals surface area contributed by atoms with Crippen molar-refractivity contribution < 1.29 is 19.1 Å². The number of hydrogen-bond donors (Lipinski definition) is 1. The van der Waals surface area contributed by atoms with Gasteiger partial charge in [-0.3, -0.25) is 0 Å². The van der Waals surface area contributed by atoms with Crippen LogP contribution in [-0.4, -0.2) is 30.8 Å². The molecule has 0 aromatic rings. The van der Waals surface area contributed by atoms with Crippen LogP contribution in [0.15, 0.2) is 12.2 Å². The van der Waals surface area contributed by atoms with Crippen molar-refractivity contribution in [1.82, 2.24) is 5.32 Å². The molecule has 0 aliphatic heterocycles. The summed E-state index contributed by atoms with van der Waals surface area (Å²) >= 11 is 0. The second kappa shape index (κ2) is 7.31. The van der Waals surface area contributed by atoms with Gasteiger partial charge in [-0.15, -0.1) is 0 Å². The summed E-state index contributed by atoms with van der Waals surface area (Å²) in [4.78, 5) is 23.0. The third-order valence-electron chi connectivity index (χ3n) is 3.20. The molecule has 1 aliphatic carbocycles. The summed E-state index contributed by atoms with van der Waals surface area (Å²) in [6, 6.07) is 0.0134. The van der Waals surface area contributed by atoms with Crippen molar-refractivity contribution in [3.63, 3.8) is 0 Å². The smallest absolute Gasteiger partial charge is 0.407 e. The topological polar surface area (TPSA) is 64.6 Å². The molecule has 0 radical (unpaired) electrons. The first kappa shape index (κ1) is 16.5. The van der Waals surface area contributed by atoms with Crippen molar-refractivity contribution in [2.24, 2.45) is 5.92 Å². The second-order valence-electron chi connectivity index (χ2n) is 6.08. The molecule has 0 spiro atoms. The molecule has 0 heterocycles. The fraction of sp³-hybridized carbons (Fsp3) is 0.733. The Hall–Kier alpha value is -1.52. The van der Waals surface area contributed by atoms with Crippen LogP contribution >= 0.6 is 0 Å². The first-order chi connectivity index (χ1) is 9.31. The summed E-state index contributed by atoms with van der Waals surface area (Å²) < 4.78 is 9.86.